The van der Waals surface area contributed by atoms with Gasteiger partial charge < -0.3 is 19.3 Å². The van der Waals surface area contributed by atoms with Crippen molar-refractivity contribution in [1.29, 1.82) is 0 Å². The third kappa shape index (κ3) is 5.47. The molecular formula is C38H49NO5. The molecule has 7 rings (SSSR count). The number of aliphatic hydroxyl groups excluding tert-OH is 1. The van der Waals surface area contributed by atoms with Crippen molar-refractivity contribution in [3.8, 4) is 0 Å². The lowest BCUT2D eigenvalue weighted by Crippen LogP contribution is -2.58. The normalized spacial score (nSPS) is 36.8. The van der Waals surface area contributed by atoms with Crippen LogP contribution in [-0.4, -0.2) is 47.8 Å². The number of aliphatic hydroxyl groups is 1. The zero-order valence-electron chi connectivity index (χ0n) is 26.6. The fraction of sp³-hybridized carbons (Fsp3) is 0.605. The lowest BCUT2D eigenvalue weighted by atomic mass is 9.70. The van der Waals surface area contributed by atoms with E-state index in [1.54, 1.807) is 14.0 Å². The monoisotopic (exact) mass is 599 g/mol. The van der Waals surface area contributed by atoms with Crippen LogP contribution in [0.1, 0.15) is 77.2 Å². The largest absolute Gasteiger partial charge is 0.492 e. The summed E-state index contributed by atoms with van der Waals surface area (Å²) in [7, 11) is 1.58. The van der Waals surface area contributed by atoms with Gasteiger partial charge in [-0.05, 0) is 74.8 Å². The molecule has 2 saturated heterocycles. The van der Waals surface area contributed by atoms with E-state index >= 15 is 0 Å². The average Bonchev–Trinajstić information content (AvgIpc) is 3.73. The minimum absolute atomic E-state index is 0.0142. The molecule has 236 valence electrons. The van der Waals surface area contributed by atoms with Crippen LogP contribution in [0.5, 0.6) is 0 Å². The van der Waals surface area contributed by atoms with Crippen LogP contribution in [0.4, 0.5) is 0 Å². The predicted molar refractivity (Wildman–Crippen MR) is 170 cm³/mol. The first-order valence-corrected chi connectivity index (χ1v) is 17.2. The van der Waals surface area contributed by atoms with Gasteiger partial charge >= 0.3 is 5.97 Å². The molecule has 1 aromatic carbocycles. The van der Waals surface area contributed by atoms with E-state index in [4.69, 9.17) is 14.2 Å². The number of allylic oxidation sites excluding steroid dienone is 2. The van der Waals surface area contributed by atoms with Gasteiger partial charge in [-0.15, -0.1) is 0 Å². The van der Waals surface area contributed by atoms with Gasteiger partial charge in [0.25, 0.3) is 0 Å². The number of piperidine rings is 1. The molecule has 0 radical (unpaired) electrons. The van der Waals surface area contributed by atoms with Crippen LogP contribution in [0.3, 0.4) is 0 Å². The number of esters is 1. The molecule has 8 atom stereocenters. The molecule has 0 unspecified atom stereocenters. The van der Waals surface area contributed by atoms with Gasteiger partial charge in [0.15, 0.2) is 11.5 Å². The van der Waals surface area contributed by atoms with Gasteiger partial charge in [0.05, 0.1) is 18.8 Å². The number of carbonyl (C=O) groups excluding carboxylic acids is 1. The Kier molecular flexibility index (Phi) is 8.49. The fourth-order valence-corrected chi connectivity index (χ4v) is 9.63. The number of hydrogen-bond donors (Lipinski definition) is 1. The van der Waals surface area contributed by atoms with Crippen LogP contribution in [0.2, 0.25) is 0 Å². The summed E-state index contributed by atoms with van der Waals surface area (Å²) < 4.78 is 18.0. The Hall–Kier alpha value is -2.83. The second-order valence-corrected chi connectivity index (χ2v) is 14.3. The Morgan fingerprint density at radius 2 is 1.86 bits per heavy atom. The molecule has 6 heteroatoms. The van der Waals surface area contributed by atoms with Crippen molar-refractivity contribution >= 4 is 5.97 Å². The zero-order valence-corrected chi connectivity index (χ0v) is 26.6. The SMILES string of the molecule is COC1=C(C)C(=O)OC1=C1OC2=CCCN3[C@H](C[C@H](Cc4ccccc4)C[C@H]3[C@@H](O)[C@H]3C=CC[C@@H](C4CCCC4)C3)[C@@H]2[C@H]1C. The third-order valence-corrected chi connectivity index (χ3v) is 11.8. The van der Waals surface area contributed by atoms with Crippen molar-refractivity contribution in [3.05, 3.63) is 82.7 Å². The molecule has 0 aromatic heterocycles. The summed E-state index contributed by atoms with van der Waals surface area (Å²) in [6, 6.07) is 11.2. The molecule has 3 fully saturated rings. The van der Waals surface area contributed by atoms with Crippen LogP contribution < -0.4 is 0 Å². The Balaban J connectivity index is 1.20. The van der Waals surface area contributed by atoms with Crippen molar-refractivity contribution in [2.45, 2.75) is 96.2 Å². The van der Waals surface area contributed by atoms with Gasteiger partial charge in [-0.3, -0.25) is 4.90 Å². The van der Waals surface area contributed by atoms with E-state index in [2.05, 4.69) is 60.4 Å². The van der Waals surface area contributed by atoms with Gasteiger partial charge in [0, 0.05) is 36.4 Å². The molecule has 1 aromatic rings. The molecule has 44 heavy (non-hydrogen) atoms. The maximum absolute atomic E-state index is 12.5. The zero-order chi connectivity index (χ0) is 30.4. The Morgan fingerprint density at radius 3 is 2.64 bits per heavy atom. The maximum Gasteiger partial charge on any atom is 0.343 e. The van der Waals surface area contributed by atoms with Gasteiger partial charge in [-0.25, -0.2) is 4.79 Å². The summed E-state index contributed by atoms with van der Waals surface area (Å²) in [4.78, 5) is 15.2. The highest BCUT2D eigenvalue weighted by molar-refractivity contribution is 5.93. The standard InChI is InChI=1S/C38H49NO5/c1-23-33-30-20-26(19-25-11-5-4-6-12-25)21-31(34(40)29-16-9-15-28(22-29)27-13-7-8-14-27)39(30)18-10-17-32(33)43-36(23)37-35(42-3)24(2)38(41)44-37/h4-6,9,11-12,16-17,23,26-31,33-34,40H,7-8,10,13-15,18-22H2,1-3H3/t23-,26+,28-,29+,30-,31+,33+,34+/m1/s1. The number of hydrogen-bond acceptors (Lipinski definition) is 6. The third-order valence-electron chi connectivity index (χ3n) is 11.8. The summed E-state index contributed by atoms with van der Waals surface area (Å²) in [5.74, 6) is 4.55. The Morgan fingerprint density at radius 1 is 1.07 bits per heavy atom. The van der Waals surface area contributed by atoms with E-state index in [9.17, 15) is 9.90 Å². The topological polar surface area (TPSA) is 68.2 Å². The number of rotatable bonds is 6. The molecule has 1 N–H and O–H groups in total. The first kappa shape index (κ1) is 29.9. The van der Waals surface area contributed by atoms with Crippen molar-refractivity contribution < 1.29 is 24.1 Å². The Bertz CT molecular complexity index is 1350. The highest BCUT2D eigenvalue weighted by atomic mass is 16.6. The summed E-state index contributed by atoms with van der Waals surface area (Å²) in [5, 5.41) is 12.3. The molecule has 1 saturated carbocycles. The minimum Gasteiger partial charge on any atom is -0.492 e. The maximum atomic E-state index is 12.5. The number of fused-ring (bicyclic) bond motifs is 3. The van der Waals surface area contributed by atoms with Crippen molar-refractivity contribution in [2.24, 2.45) is 35.5 Å². The number of benzene rings is 1. The Labute approximate surface area is 262 Å². The quantitative estimate of drug-likeness (QED) is 0.279. The highest BCUT2D eigenvalue weighted by Crippen LogP contribution is 2.51. The molecule has 6 aliphatic rings. The number of methoxy groups -OCH3 is 1. The van der Waals surface area contributed by atoms with Crippen molar-refractivity contribution in [2.75, 3.05) is 13.7 Å². The van der Waals surface area contributed by atoms with E-state index in [0.717, 1.165) is 50.3 Å². The second kappa shape index (κ2) is 12.5. The highest BCUT2D eigenvalue weighted by Gasteiger charge is 2.52. The molecule has 4 aliphatic heterocycles. The van der Waals surface area contributed by atoms with Crippen LogP contribution in [-0.2, 0) is 25.4 Å². The van der Waals surface area contributed by atoms with E-state index in [1.807, 2.05) is 0 Å². The molecule has 6 nitrogen and oxygen atoms in total. The van der Waals surface area contributed by atoms with E-state index < -0.39 is 6.10 Å². The summed E-state index contributed by atoms with van der Waals surface area (Å²) in [6.07, 6.45) is 18.3. The van der Waals surface area contributed by atoms with Crippen molar-refractivity contribution in [1.82, 2.24) is 4.90 Å². The lowest BCUT2D eigenvalue weighted by molar-refractivity contribution is -0.133. The van der Waals surface area contributed by atoms with Gasteiger partial charge in [0.1, 0.15) is 5.76 Å². The molecular weight excluding hydrogens is 550 g/mol. The number of nitrogens with zero attached hydrogens (tertiary/aromatic N) is 1. The molecule has 0 amide bonds. The van der Waals surface area contributed by atoms with E-state index in [1.165, 1.54) is 37.7 Å². The van der Waals surface area contributed by atoms with Gasteiger partial charge in [0.2, 0.25) is 5.76 Å². The average molecular weight is 600 g/mol. The summed E-state index contributed by atoms with van der Waals surface area (Å²) >= 11 is 0. The number of carbonyl (C=O) groups is 1. The second-order valence-electron chi connectivity index (χ2n) is 14.3. The van der Waals surface area contributed by atoms with Crippen LogP contribution in [0.25, 0.3) is 0 Å². The lowest BCUT2D eigenvalue weighted by Gasteiger charge is -2.50. The smallest absolute Gasteiger partial charge is 0.343 e. The van der Waals surface area contributed by atoms with Crippen LogP contribution >= 0.6 is 0 Å². The predicted octanol–water partition coefficient (Wildman–Crippen LogP) is 7.07. The number of cyclic esters (lactones) is 1. The first-order chi connectivity index (χ1) is 21.4. The summed E-state index contributed by atoms with van der Waals surface area (Å²) in [6.45, 7) is 4.87. The number of ether oxygens (including phenoxy) is 3. The molecule has 2 aliphatic carbocycles. The first-order valence-electron chi connectivity index (χ1n) is 17.2. The fourth-order valence-electron chi connectivity index (χ4n) is 9.63. The summed E-state index contributed by atoms with van der Waals surface area (Å²) in [5.41, 5.74) is 1.85. The van der Waals surface area contributed by atoms with E-state index in [-0.39, 0.29) is 35.8 Å². The van der Waals surface area contributed by atoms with Gasteiger partial charge in [-0.2, -0.15) is 0 Å². The minimum atomic E-state index is -0.394. The van der Waals surface area contributed by atoms with Crippen LogP contribution in [0, 0.1) is 35.5 Å². The van der Waals surface area contributed by atoms with Crippen molar-refractivity contribution in [3.63, 3.8) is 0 Å². The molecule has 4 heterocycles. The van der Waals surface area contributed by atoms with Crippen LogP contribution in [0.15, 0.2) is 77.2 Å². The van der Waals surface area contributed by atoms with Gasteiger partial charge in [-0.1, -0.05) is 75.1 Å². The molecule has 0 spiro atoms. The van der Waals surface area contributed by atoms with E-state index in [0.29, 0.717) is 34.7 Å². The molecule has 0 bridgehead atoms.